The van der Waals surface area contributed by atoms with Gasteiger partial charge in [0.25, 0.3) is 5.91 Å². The molecule has 0 radical (unpaired) electrons. The molecule has 0 aliphatic heterocycles. The Labute approximate surface area is 112 Å². The summed E-state index contributed by atoms with van der Waals surface area (Å²) in [6.07, 6.45) is 5.24. The lowest BCUT2D eigenvalue weighted by atomic mass is 9.98. The minimum absolute atomic E-state index is 0.185. The fourth-order valence-electron chi connectivity index (χ4n) is 2.74. The minimum atomic E-state index is -0.949. The van der Waals surface area contributed by atoms with Gasteiger partial charge in [0.15, 0.2) is 0 Å². The van der Waals surface area contributed by atoms with Crippen LogP contribution in [0, 0.1) is 11.8 Å². The van der Waals surface area contributed by atoms with Crippen LogP contribution >= 0.6 is 0 Å². The standard InChI is InChI=1S/C14H20N2O3/c1-10-4-2-5-11(10)8-15-14(19)12-6-3-7-16(12)9-13(17)18/h3,6-7,10-11H,2,4-5,8-9H2,1H3,(H,15,19)(H,17,18). The van der Waals surface area contributed by atoms with E-state index >= 15 is 0 Å². The molecule has 1 saturated carbocycles. The molecule has 5 heteroatoms. The summed E-state index contributed by atoms with van der Waals surface area (Å²) in [4.78, 5) is 22.7. The molecule has 0 aromatic carbocycles. The molecule has 2 atom stereocenters. The van der Waals surface area contributed by atoms with Crippen LogP contribution < -0.4 is 5.32 Å². The van der Waals surface area contributed by atoms with Gasteiger partial charge in [0.05, 0.1) is 0 Å². The van der Waals surface area contributed by atoms with Gasteiger partial charge in [0.1, 0.15) is 12.2 Å². The summed E-state index contributed by atoms with van der Waals surface area (Å²) in [5.41, 5.74) is 0.410. The number of carbonyl (C=O) groups excluding carboxylic acids is 1. The third kappa shape index (κ3) is 3.36. The molecular weight excluding hydrogens is 244 g/mol. The third-order valence-electron chi connectivity index (χ3n) is 3.93. The molecule has 1 heterocycles. The zero-order valence-electron chi connectivity index (χ0n) is 11.1. The number of nitrogens with one attached hydrogen (secondary N) is 1. The normalized spacial score (nSPS) is 22.4. The molecule has 0 bridgehead atoms. The summed E-state index contributed by atoms with van der Waals surface area (Å²) in [6, 6.07) is 3.34. The van der Waals surface area contributed by atoms with Gasteiger partial charge in [0, 0.05) is 12.7 Å². The Kier molecular flexibility index (Phi) is 4.24. The van der Waals surface area contributed by atoms with E-state index in [0.717, 1.165) is 6.42 Å². The number of nitrogens with zero attached hydrogens (tertiary/aromatic N) is 1. The maximum Gasteiger partial charge on any atom is 0.323 e. The monoisotopic (exact) mass is 264 g/mol. The maximum atomic E-state index is 12.0. The van der Waals surface area contributed by atoms with Gasteiger partial charge in [0.2, 0.25) is 0 Å². The van der Waals surface area contributed by atoms with Crippen LogP contribution in [-0.2, 0) is 11.3 Å². The van der Waals surface area contributed by atoms with Crippen molar-refractivity contribution in [3.05, 3.63) is 24.0 Å². The van der Waals surface area contributed by atoms with E-state index in [1.807, 2.05) is 0 Å². The lowest BCUT2D eigenvalue weighted by molar-refractivity contribution is -0.137. The van der Waals surface area contributed by atoms with Gasteiger partial charge >= 0.3 is 5.97 Å². The van der Waals surface area contributed by atoms with Gasteiger partial charge in [-0.15, -0.1) is 0 Å². The Balaban J connectivity index is 1.92. The van der Waals surface area contributed by atoms with E-state index in [1.54, 1.807) is 18.3 Å². The summed E-state index contributed by atoms with van der Waals surface area (Å²) in [5.74, 6) is 0.0676. The Bertz CT molecular complexity index is 467. The second kappa shape index (κ2) is 5.91. The van der Waals surface area contributed by atoms with Crippen LogP contribution in [0.15, 0.2) is 18.3 Å². The van der Waals surface area contributed by atoms with E-state index in [-0.39, 0.29) is 12.5 Å². The average Bonchev–Trinajstić information content (AvgIpc) is 2.95. The van der Waals surface area contributed by atoms with Crippen LogP contribution in [0.4, 0.5) is 0 Å². The van der Waals surface area contributed by atoms with Crippen LogP contribution in [0.3, 0.4) is 0 Å². The highest BCUT2D eigenvalue weighted by Gasteiger charge is 2.24. The van der Waals surface area contributed by atoms with E-state index < -0.39 is 5.97 Å². The molecule has 1 aromatic rings. The van der Waals surface area contributed by atoms with Crippen molar-refractivity contribution < 1.29 is 14.7 Å². The highest BCUT2D eigenvalue weighted by atomic mass is 16.4. The zero-order chi connectivity index (χ0) is 13.8. The fraction of sp³-hybridized carbons (Fsp3) is 0.571. The molecular formula is C14H20N2O3. The fourth-order valence-corrected chi connectivity index (χ4v) is 2.74. The summed E-state index contributed by atoms with van der Waals surface area (Å²) in [5, 5.41) is 11.7. The number of carbonyl (C=O) groups is 2. The molecule has 0 spiro atoms. The maximum absolute atomic E-state index is 12.0. The summed E-state index contributed by atoms with van der Waals surface area (Å²) >= 11 is 0. The number of amides is 1. The molecule has 1 aliphatic rings. The van der Waals surface area contributed by atoms with E-state index in [2.05, 4.69) is 12.2 Å². The Morgan fingerprint density at radius 2 is 2.26 bits per heavy atom. The van der Waals surface area contributed by atoms with Crippen molar-refractivity contribution in [1.29, 1.82) is 0 Å². The number of aromatic nitrogens is 1. The van der Waals surface area contributed by atoms with Crippen LogP contribution in [0.5, 0.6) is 0 Å². The number of hydrogen-bond acceptors (Lipinski definition) is 2. The first-order chi connectivity index (χ1) is 9.08. The van der Waals surface area contributed by atoms with E-state index in [0.29, 0.717) is 24.1 Å². The van der Waals surface area contributed by atoms with Gasteiger partial charge in [-0.1, -0.05) is 19.8 Å². The van der Waals surface area contributed by atoms with Crippen LogP contribution in [0.25, 0.3) is 0 Å². The number of rotatable bonds is 5. The summed E-state index contributed by atoms with van der Waals surface area (Å²) in [6.45, 7) is 2.71. The van der Waals surface area contributed by atoms with Crippen LogP contribution in [-0.4, -0.2) is 28.1 Å². The third-order valence-corrected chi connectivity index (χ3v) is 3.93. The second-order valence-electron chi connectivity index (χ2n) is 5.29. The molecule has 5 nitrogen and oxygen atoms in total. The van der Waals surface area contributed by atoms with Crippen molar-refractivity contribution in [2.24, 2.45) is 11.8 Å². The molecule has 2 unspecified atom stereocenters. The first-order valence-corrected chi connectivity index (χ1v) is 6.73. The average molecular weight is 264 g/mol. The first kappa shape index (κ1) is 13.6. The van der Waals surface area contributed by atoms with Crippen LogP contribution in [0.2, 0.25) is 0 Å². The van der Waals surface area contributed by atoms with Gasteiger partial charge in [-0.25, -0.2) is 0 Å². The number of aliphatic carboxylic acids is 1. The van der Waals surface area contributed by atoms with Crippen molar-refractivity contribution in [2.75, 3.05) is 6.54 Å². The van der Waals surface area contributed by atoms with Gasteiger partial charge < -0.3 is 15.0 Å². The van der Waals surface area contributed by atoms with E-state index in [4.69, 9.17) is 5.11 Å². The Morgan fingerprint density at radius 1 is 1.47 bits per heavy atom. The highest BCUT2D eigenvalue weighted by molar-refractivity contribution is 5.93. The van der Waals surface area contributed by atoms with Gasteiger partial charge in [-0.3, -0.25) is 9.59 Å². The molecule has 0 saturated heterocycles. The predicted molar refractivity (Wildman–Crippen MR) is 70.9 cm³/mol. The number of carboxylic acids is 1. The van der Waals surface area contributed by atoms with Crippen molar-refractivity contribution in [2.45, 2.75) is 32.7 Å². The quantitative estimate of drug-likeness (QED) is 0.851. The van der Waals surface area contributed by atoms with Crippen molar-refractivity contribution >= 4 is 11.9 Å². The topological polar surface area (TPSA) is 71.3 Å². The minimum Gasteiger partial charge on any atom is -0.480 e. The molecule has 104 valence electrons. The lowest BCUT2D eigenvalue weighted by Gasteiger charge is -2.16. The Hall–Kier alpha value is -1.78. The van der Waals surface area contributed by atoms with E-state index in [9.17, 15) is 9.59 Å². The van der Waals surface area contributed by atoms with Crippen molar-refractivity contribution in [1.82, 2.24) is 9.88 Å². The first-order valence-electron chi connectivity index (χ1n) is 6.73. The molecule has 1 fully saturated rings. The lowest BCUT2D eigenvalue weighted by Crippen LogP contribution is -2.32. The van der Waals surface area contributed by atoms with Crippen LogP contribution in [0.1, 0.15) is 36.7 Å². The zero-order valence-corrected chi connectivity index (χ0v) is 11.1. The molecule has 2 N–H and O–H groups in total. The van der Waals surface area contributed by atoms with Crippen molar-refractivity contribution in [3.8, 4) is 0 Å². The summed E-state index contributed by atoms with van der Waals surface area (Å²) in [7, 11) is 0. The second-order valence-corrected chi connectivity index (χ2v) is 5.29. The Morgan fingerprint density at radius 3 is 2.89 bits per heavy atom. The highest BCUT2D eigenvalue weighted by Crippen LogP contribution is 2.30. The summed E-state index contributed by atoms with van der Waals surface area (Å²) < 4.78 is 1.45. The molecule has 1 aliphatic carbocycles. The molecule has 2 rings (SSSR count). The van der Waals surface area contributed by atoms with E-state index in [1.165, 1.54) is 17.4 Å². The molecule has 1 aromatic heterocycles. The largest absolute Gasteiger partial charge is 0.480 e. The van der Waals surface area contributed by atoms with Gasteiger partial charge in [-0.05, 0) is 30.4 Å². The molecule has 19 heavy (non-hydrogen) atoms. The SMILES string of the molecule is CC1CCCC1CNC(=O)c1cccn1CC(=O)O. The number of carboxylic acid groups (broad SMARTS) is 1. The smallest absolute Gasteiger partial charge is 0.323 e. The predicted octanol–water partition coefficient (Wildman–Crippen LogP) is 1.74. The van der Waals surface area contributed by atoms with Gasteiger partial charge in [-0.2, -0.15) is 0 Å². The van der Waals surface area contributed by atoms with Crippen molar-refractivity contribution in [3.63, 3.8) is 0 Å². The number of hydrogen-bond donors (Lipinski definition) is 2. The molecule has 1 amide bonds.